The number of pyridine rings is 1. The summed E-state index contributed by atoms with van der Waals surface area (Å²) in [5, 5.41) is 14.8. The molecule has 1 aliphatic heterocycles. The summed E-state index contributed by atoms with van der Waals surface area (Å²) in [7, 11) is 0. The molecule has 0 amide bonds. The van der Waals surface area contributed by atoms with Crippen molar-refractivity contribution in [3.05, 3.63) is 42.2 Å². The van der Waals surface area contributed by atoms with E-state index >= 15 is 0 Å². The van der Waals surface area contributed by atoms with E-state index in [4.69, 9.17) is 0 Å². The zero-order valence-electron chi connectivity index (χ0n) is 12.5. The predicted octanol–water partition coefficient (Wildman–Crippen LogP) is 1.79. The first-order valence-electron chi connectivity index (χ1n) is 7.78. The van der Waals surface area contributed by atoms with E-state index < -0.39 is 0 Å². The molecule has 0 spiro atoms. The third-order valence-electron chi connectivity index (χ3n) is 4.70. The molecule has 4 aromatic rings. The number of aromatic nitrogens is 6. The van der Waals surface area contributed by atoms with E-state index in [9.17, 15) is 5.11 Å². The van der Waals surface area contributed by atoms with E-state index in [0.29, 0.717) is 6.04 Å². The molecular formula is C16H16N6O. The van der Waals surface area contributed by atoms with Gasteiger partial charge < -0.3 is 14.7 Å². The molecule has 1 atom stereocenters. The molecule has 1 aliphatic rings. The van der Waals surface area contributed by atoms with Crippen LogP contribution < -0.4 is 0 Å². The first-order valence-corrected chi connectivity index (χ1v) is 7.78. The third kappa shape index (κ3) is 1.83. The number of nitrogens with zero attached hydrogens (tertiary/aromatic N) is 5. The lowest BCUT2D eigenvalue weighted by atomic mass is 10.0. The molecule has 0 bridgehead atoms. The van der Waals surface area contributed by atoms with Crippen molar-refractivity contribution in [2.75, 3.05) is 0 Å². The van der Waals surface area contributed by atoms with E-state index in [-0.39, 0.29) is 6.61 Å². The summed E-state index contributed by atoms with van der Waals surface area (Å²) in [4.78, 5) is 12.1. The first kappa shape index (κ1) is 12.8. The molecule has 0 aromatic carbocycles. The number of imidazole rings is 1. The maximum absolute atomic E-state index is 9.27. The highest BCUT2D eigenvalue weighted by Crippen LogP contribution is 2.30. The van der Waals surface area contributed by atoms with Crippen LogP contribution in [-0.4, -0.2) is 34.4 Å². The van der Waals surface area contributed by atoms with Gasteiger partial charge in [-0.2, -0.15) is 5.10 Å². The molecule has 5 heterocycles. The van der Waals surface area contributed by atoms with Crippen LogP contribution in [0.3, 0.4) is 0 Å². The fourth-order valence-electron chi connectivity index (χ4n) is 3.59. The number of nitrogens with one attached hydrogen (secondary N) is 1. The predicted molar refractivity (Wildman–Crippen MR) is 84.9 cm³/mol. The number of aliphatic hydroxyl groups is 1. The standard InChI is InChI=1S/C16H16N6O/c23-8-10-5-11-1-2-12(7-22(11)20-10)21-9-19-14-6-18-16-13(15(14)21)3-4-17-16/h3-6,9,12,23H,1-2,7-8H2,(H,17,18). The monoisotopic (exact) mass is 308 g/mol. The zero-order valence-corrected chi connectivity index (χ0v) is 12.5. The van der Waals surface area contributed by atoms with Crippen molar-refractivity contribution in [3.63, 3.8) is 0 Å². The normalized spacial score (nSPS) is 17.9. The van der Waals surface area contributed by atoms with E-state index in [2.05, 4.69) is 30.7 Å². The minimum absolute atomic E-state index is 0.00564. The number of hydrogen-bond donors (Lipinski definition) is 2. The number of rotatable bonds is 2. The van der Waals surface area contributed by atoms with Crippen LogP contribution >= 0.6 is 0 Å². The Labute approximate surface area is 131 Å². The van der Waals surface area contributed by atoms with Crippen molar-refractivity contribution < 1.29 is 5.11 Å². The highest BCUT2D eigenvalue weighted by molar-refractivity contribution is 6.00. The number of aromatic amines is 1. The highest BCUT2D eigenvalue weighted by atomic mass is 16.3. The molecule has 4 aromatic heterocycles. The smallest absolute Gasteiger partial charge is 0.139 e. The lowest BCUT2D eigenvalue weighted by Gasteiger charge is -2.25. The van der Waals surface area contributed by atoms with Crippen LogP contribution in [0.15, 0.2) is 30.9 Å². The molecule has 7 heteroatoms. The van der Waals surface area contributed by atoms with Crippen LogP contribution in [0, 0.1) is 0 Å². The Morgan fingerprint density at radius 1 is 1.35 bits per heavy atom. The summed E-state index contributed by atoms with van der Waals surface area (Å²) in [6.07, 6.45) is 7.63. The van der Waals surface area contributed by atoms with Crippen LogP contribution in [0.2, 0.25) is 0 Å². The van der Waals surface area contributed by atoms with Crippen LogP contribution in [0.5, 0.6) is 0 Å². The van der Waals surface area contributed by atoms with Crippen molar-refractivity contribution >= 4 is 22.1 Å². The average Bonchev–Trinajstić information content (AvgIpc) is 3.29. The minimum atomic E-state index is -0.00564. The van der Waals surface area contributed by atoms with Crippen molar-refractivity contribution in [2.24, 2.45) is 0 Å². The summed E-state index contributed by atoms with van der Waals surface area (Å²) in [6, 6.07) is 4.35. The Morgan fingerprint density at radius 3 is 3.22 bits per heavy atom. The van der Waals surface area contributed by atoms with Crippen LogP contribution in [0.25, 0.3) is 22.1 Å². The highest BCUT2D eigenvalue weighted by Gasteiger charge is 2.23. The lowest BCUT2D eigenvalue weighted by molar-refractivity contribution is 0.273. The fraction of sp³-hybridized carbons (Fsp3) is 0.312. The molecule has 0 radical (unpaired) electrons. The molecule has 0 saturated heterocycles. The molecule has 0 saturated carbocycles. The molecule has 1 unspecified atom stereocenters. The molecule has 23 heavy (non-hydrogen) atoms. The van der Waals surface area contributed by atoms with Gasteiger partial charge in [-0.3, -0.25) is 4.68 Å². The Hall–Kier alpha value is -2.67. The second kappa shape index (κ2) is 4.66. The zero-order chi connectivity index (χ0) is 15.4. The molecule has 2 N–H and O–H groups in total. The fourth-order valence-corrected chi connectivity index (χ4v) is 3.59. The van der Waals surface area contributed by atoms with Gasteiger partial charge in [-0.1, -0.05) is 0 Å². The van der Waals surface area contributed by atoms with Gasteiger partial charge in [-0.05, 0) is 25.0 Å². The summed E-state index contributed by atoms with van der Waals surface area (Å²) in [6.45, 7) is 0.795. The van der Waals surface area contributed by atoms with Crippen molar-refractivity contribution in [1.82, 2.24) is 29.3 Å². The number of aliphatic hydroxyl groups excluding tert-OH is 1. The Bertz CT molecular complexity index is 1010. The Kier molecular flexibility index (Phi) is 2.60. The van der Waals surface area contributed by atoms with Gasteiger partial charge in [-0.15, -0.1) is 0 Å². The van der Waals surface area contributed by atoms with Gasteiger partial charge in [0.15, 0.2) is 0 Å². The molecule has 7 nitrogen and oxygen atoms in total. The summed E-state index contributed by atoms with van der Waals surface area (Å²) in [5.74, 6) is 0. The van der Waals surface area contributed by atoms with E-state index in [1.54, 1.807) is 0 Å². The van der Waals surface area contributed by atoms with Gasteiger partial charge in [0.2, 0.25) is 0 Å². The van der Waals surface area contributed by atoms with Gasteiger partial charge in [0.1, 0.15) is 11.2 Å². The van der Waals surface area contributed by atoms with Crippen molar-refractivity contribution in [2.45, 2.75) is 32.0 Å². The van der Waals surface area contributed by atoms with Crippen molar-refractivity contribution in [3.8, 4) is 0 Å². The topological polar surface area (TPSA) is 84.5 Å². The molecule has 0 fully saturated rings. The van der Waals surface area contributed by atoms with Gasteiger partial charge in [0.05, 0.1) is 42.9 Å². The third-order valence-corrected chi connectivity index (χ3v) is 4.70. The number of fused-ring (bicyclic) bond motifs is 4. The second-order valence-electron chi connectivity index (χ2n) is 6.04. The van der Waals surface area contributed by atoms with E-state index in [0.717, 1.165) is 47.1 Å². The number of hydrogen-bond acceptors (Lipinski definition) is 4. The van der Waals surface area contributed by atoms with E-state index in [1.807, 2.05) is 29.5 Å². The maximum Gasteiger partial charge on any atom is 0.139 e. The van der Waals surface area contributed by atoms with Gasteiger partial charge >= 0.3 is 0 Å². The lowest BCUT2D eigenvalue weighted by Crippen LogP contribution is -2.23. The molecule has 0 aliphatic carbocycles. The first-order chi connectivity index (χ1) is 11.3. The quantitative estimate of drug-likeness (QED) is 0.591. The summed E-state index contributed by atoms with van der Waals surface area (Å²) >= 11 is 0. The van der Waals surface area contributed by atoms with E-state index in [1.165, 1.54) is 5.69 Å². The average molecular weight is 308 g/mol. The van der Waals surface area contributed by atoms with Gasteiger partial charge in [0.25, 0.3) is 0 Å². The maximum atomic E-state index is 9.27. The molecular weight excluding hydrogens is 292 g/mol. The van der Waals surface area contributed by atoms with Crippen LogP contribution in [0.1, 0.15) is 23.9 Å². The van der Waals surface area contributed by atoms with Crippen LogP contribution in [0.4, 0.5) is 0 Å². The number of aryl methyl sites for hydroxylation is 1. The molecule has 116 valence electrons. The largest absolute Gasteiger partial charge is 0.390 e. The van der Waals surface area contributed by atoms with Gasteiger partial charge in [-0.25, -0.2) is 9.97 Å². The summed E-state index contributed by atoms with van der Waals surface area (Å²) in [5.41, 5.74) is 4.87. The second-order valence-corrected chi connectivity index (χ2v) is 6.04. The SMILES string of the molecule is OCc1cc2n(n1)CC(n1cnc3cnc4[nH]ccc4c31)CC2. The van der Waals surface area contributed by atoms with Gasteiger partial charge in [0, 0.05) is 17.3 Å². The molecule has 5 rings (SSSR count). The summed E-state index contributed by atoms with van der Waals surface area (Å²) < 4.78 is 4.26. The Morgan fingerprint density at radius 2 is 2.30 bits per heavy atom. The van der Waals surface area contributed by atoms with Crippen LogP contribution in [-0.2, 0) is 19.6 Å². The van der Waals surface area contributed by atoms with Crippen molar-refractivity contribution in [1.29, 1.82) is 0 Å². The number of H-pyrrole nitrogens is 1. The minimum Gasteiger partial charge on any atom is -0.390 e. The Balaban J connectivity index is 1.62.